The molecule has 0 saturated carbocycles. The first-order chi connectivity index (χ1) is 6.12. The predicted molar refractivity (Wildman–Crippen MR) is 50.9 cm³/mol. The minimum atomic E-state index is -0.728. The number of rotatable bonds is 2. The molecule has 0 aromatic rings. The maximum atomic E-state index is 11.5. The fourth-order valence-corrected chi connectivity index (χ4v) is 1.22. The molecule has 70 valence electrons. The molecular weight excluding hydrogens is 164 g/mol. The standard InChI is InChI=1S/C11H14O2/c1-4-6-7-11(3)10(12)8-9(5-2)13-11/h8H,5,7H2,1-3H3. The van der Waals surface area contributed by atoms with E-state index >= 15 is 0 Å². The Bertz CT molecular complexity index is 304. The number of carbonyl (C=O) groups excluding carboxylic acids is 1. The van der Waals surface area contributed by atoms with Gasteiger partial charge in [-0.1, -0.05) is 12.8 Å². The van der Waals surface area contributed by atoms with Crippen molar-refractivity contribution in [3.8, 4) is 11.8 Å². The van der Waals surface area contributed by atoms with Gasteiger partial charge in [-0.15, -0.1) is 5.92 Å². The molecule has 0 radical (unpaired) electrons. The number of carbonyl (C=O) groups is 1. The molecule has 0 amide bonds. The van der Waals surface area contributed by atoms with Crippen molar-refractivity contribution in [2.45, 2.75) is 39.2 Å². The molecule has 13 heavy (non-hydrogen) atoms. The quantitative estimate of drug-likeness (QED) is 0.605. The fourth-order valence-electron chi connectivity index (χ4n) is 1.22. The molecule has 1 atom stereocenters. The number of allylic oxidation sites excluding steroid dienone is 1. The van der Waals surface area contributed by atoms with Crippen LogP contribution in [-0.4, -0.2) is 11.4 Å². The highest BCUT2D eigenvalue weighted by molar-refractivity contribution is 5.99. The van der Waals surface area contributed by atoms with Crippen LogP contribution in [0.1, 0.15) is 33.6 Å². The Morgan fingerprint density at radius 1 is 1.62 bits per heavy atom. The molecule has 1 unspecified atom stereocenters. The smallest absolute Gasteiger partial charge is 0.203 e. The molecule has 1 aliphatic rings. The lowest BCUT2D eigenvalue weighted by Crippen LogP contribution is -2.32. The molecule has 1 rings (SSSR count). The van der Waals surface area contributed by atoms with E-state index in [-0.39, 0.29) is 5.78 Å². The molecule has 0 aromatic heterocycles. The highest BCUT2D eigenvalue weighted by Crippen LogP contribution is 2.28. The van der Waals surface area contributed by atoms with Gasteiger partial charge >= 0.3 is 0 Å². The second-order valence-electron chi connectivity index (χ2n) is 3.26. The van der Waals surface area contributed by atoms with Crippen LogP contribution in [0.4, 0.5) is 0 Å². The van der Waals surface area contributed by atoms with Crippen molar-refractivity contribution in [3.05, 3.63) is 11.8 Å². The summed E-state index contributed by atoms with van der Waals surface area (Å²) in [6.45, 7) is 5.52. The van der Waals surface area contributed by atoms with Gasteiger partial charge in [-0.25, -0.2) is 0 Å². The average Bonchev–Trinajstić information content (AvgIpc) is 2.40. The summed E-state index contributed by atoms with van der Waals surface area (Å²) in [6.07, 6.45) is 2.82. The largest absolute Gasteiger partial charge is 0.483 e. The molecule has 0 spiro atoms. The first-order valence-corrected chi connectivity index (χ1v) is 4.46. The van der Waals surface area contributed by atoms with Gasteiger partial charge < -0.3 is 4.74 Å². The number of hydrogen-bond acceptors (Lipinski definition) is 2. The van der Waals surface area contributed by atoms with E-state index in [1.165, 1.54) is 0 Å². The summed E-state index contributed by atoms with van der Waals surface area (Å²) in [7, 11) is 0. The fraction of sp³-hybridized carbons (Fsp3) is 0.545. The Morgan fingerprint density at radius 2 is 2.31 bits per heavy atom. The van der Waals surface area contributed by atoms with Gasteiger partial charge in [0.05, 0.1) is 6.42 Å². The third kappa shape index (κ3) is 1.92. The van der Waals surface area contributed by atoms with E-state index in [1.807, 2.05) is 6.92 Å². The van der Waals surface area contributed by atoms with Crippen LogP contribution in [0.3, 0.4) is 0 Å². The molecule has 0 bridgehead atoms. The van der Waals surface area contributed by atoms with Gasteiger partial charge in [0.1, 0.15) is 5.76 Å². The molecule has 2 nitrogen and oxygen atoms in total. The Hall–Kier alpha value is -1.23. The molecular formula is C11H14O2. The van der Waals surface area contributed by atoms with Crippen LogP contribution in [0.2, 0.25) is 0 Å². The molecule has 1 aliphatic heterocycles. The van der Waals surface area contributed by atoms with E-state index < -0.39 is 5.60 Å². The molecule has 0 fully saturated rings. The highest BCUT2D eigenvalue weighted by Gasteiger charge is 2.38. The van der Waals surface area contributed by atoms with Gasteiger partial charge in [0.15, 0.2) is 5.60 Å². The van der Waals surface area contributed by atoms with E-state index in [0.29, 0.717) is 6.42 Å². The summed E-state index contributed by atoms with van der Waals surface area (Å²) in [5.41, 5.74) is -0.728. The lowest BCUT2D eigenvalue weighted by atomic mass is 9.98. The lowest BCUT2D eigenvalue weighted by Gasteiger charge is -2.20. The Kier molecular flexibility index (Phi) is 2.77. The molecule has 2 heteroatoms. The van der Waals surface area contributed by atoms with Crippen molar-refractivity contribution in [2.75, 3.05) is 0 Å². The number of ketones is 1. The van der Waals surface area contributed by atoms with Crippen LogP contribution in [0, 0.1) is 11.8 Å². The van der Waals surface area contributed by atoms with Crippen molar-refractivity contribution in [1.29, 1.82) is 0 Å². The van der Waals surface area contributed by atoms with E-state index in [1.54, 1.807) is 19.9 Å². The normalized spacial score (nSPS) is 26.1. The van der Waals surface area contributed by atoms with E-state index in [4.69, 9.17) is 4.74 Å². The molecule has 0 aromatic carbocycles. The topological polar surface area (TPSA) is 26.3 Å². The Labute approximate surface area is 79.0 Å². The summed E-state index contributed by atoms with van der Waals surface area (Å²) in [4.78, 5) is 11.5. The van der Waals surface area contributed by atoms with Crippen molar-refractivity contribution in [1.82, 2.24) is 0 Å². The van der Waals surface area contributed by atoms with Crippen LogP contribution in [0.15, 0.2) is 11.8 Å². The zero-order valence-corrected chi connectivity index (χ0v) is 8.31. The van der Waals surface area contributed by atoms with Gasteiger partial charge in [-0.2, -0.15) is 0 Å². The maximum Gasteiger partial charge on any atom is 0.203 e. The minimum absolute atomic E-state index is 0.0344. The Balaban J connectivity index is 2.73. The van der Waals surface area contributed by atoms with Gasteiger partial charge in [0, 0.05) is 12.5 Å². The molecule has 1 heterocycles. The van der Waals surface area contributed by atoms with Crippen LogP contribution >= 0.6 is 0 Å². The van der Waals surface area contributed by atoms with Gasteiger partial charge in [-0.3, -0.25) is 4.79 Å². The summed E-state index contributed by atoms with van der Waals surface area (Å²) in [5, 5.41) is 0. The van der Waals surface area contributed by atoms with Crippen molar-refractivity contribution in [2.24, 2.45) is 0 Å². The van der Waals surface area contributed by atoms with Crippen LogP contribution in [-0.2, 0) is 9.53 Å². The molecule has 0 N–H and O–H groups in total. The first kappa shape index (κ1) is 9.85. The van der Waals surface area contributed by atoms with E-state index in [0.717, 1.165) is 12.2 Å². The summed E-state index contributed by atoms with van der Waals surface area (Å²) in [6, 6.07) is 0. The van der Waals surface area contributed by atoms with Crippen LogP contribution in [0.5, 0.6) is 0 Å². The number of hydrogen-bond donors (Lipinski definition) is 0. The zero-order valence-electron chi connectivity index (χ0n) is 8.31. The number of ether oxygens (including phenoxy) is 1. The second-order valence-corrected chi connectivity index (χ2v) is 3.26. The predicted octanol–water partition coefficient (Wildman–Crippen LogP) is 2.05. The third-order valence-electron chi connectivity index (χ3n) is 2.12. The van der Waals surface area contributed by atoms with Crippen molar-refractivity contribution < 1.29 is 9.53 Å². The van der Waals surface area contributed by atoms with Crippen molar-refractivity contribution >= 4 is 5.78 Å². The third-order valence-corrected chi connectivity index (χ3v) is 2.12. The summed E-state index contributed by atoms with van der Waals surface area (Å²) >= 11 is 0. The lowest BCUT2D eigenvalue weighted by molar-refractivity contribution is -0.128. The van der Waals surface area contributed by atoms with Gasteiger partial charge in [-0.05, 0) is 13.8 Å². The maximum absolute atomic E-state index is 11.5. The SMILES string of the molecule is CC#CCC1(C)OC(CC)=CC1=O. The average molecular weight is 178 g/mol. The first-order valence-electron chi connectivity index (χ1n) is 4.46. The van der Waals surface area contributed by atoms with E-state index in [2.05, 4.69) is 11.8 Å². The summed E-state index contributed by atoms with van der Waals surface area (Å²) in [5.74, 6) is 6.45. The van der Waals surface area contributed by atoms with E-state index in [9.17, 15) is 4.79 Å². The molecule has 0 saturated heterocycles. The summed E-state index contributed by atoms with van der Waals surface area (Å²) < 4.78 is 5.52. The Morgan fingerprint density at radius 3 is 2.77 bits per heavy atom. The monoisotopic (exact) mass is 178 g/mol. The van der Waals surface area contributed by atoms with Crippen LogP contribution < -0.4 is 0 Å². The van der Waals surface area contributed by atoms with Crippen LogP contribution in [0.25, 0.3) is 0 Å². The van der Waals surface area contributed by atoms with Crippen molar-refractivity contribution in [3.63, 3.8) is 0 Å². The zero-order chi connectivity index (χ0) is 9.90. The second kappa shape index (κ2) is 3.66. The highest BCUT2D eigenvalue weighted by atomic mass is 16.5. The molecule has 0 aliphatic carbocycles. The van der Waals surface area contributed by atoms with Gasteiger partial charge in [0.2, 0.25) is 5.78 Å². The van der Waals surface area contributed by atoms with Gasteiger partial charge in [0.25, 0.3) is 0 Å². The minimum Gasteiger partial charge on any atom is -0.483 e.